The van der Waals surface area contributed by atoms with Gasteiger partial charge < -0.3 is 14.9 Å². The minimum Gasteiger partial charge on any atom is -0.493 e. The van der Waals surface area contributed by atoms with E-state index in [0.29, 0.717) is 40.3 Å². The number of benzene rings is 3. The smallest absolute Gasteiger partial charge is 0.214 e. The molecule has 164 valence electrons. The van der Waals surface area contributed by atoms with Gasteiger partial charge in [0, 0.05) is 20.6 Å². The zero-order valence-electron chi connectivity index (χ0n) is 17.1. The highest BCUT2D eigenvalue weighted by atomic mass is 79.9. The highest BCUT2D eigenvalue weighted by Crippen LogP contribution is 2.37. The van der Waals surface area contributed by atoms with Crippen LogP contribution in [0.2, 0.25) is 5.02 Å². The third-order valence-corrected chi connectivity index (χ3v) is 6.03. The average Bonchev–Trinajstić information content (AvgIpc) is 3.18. The van der Waals surface area contributed by atoms with Crippen molar-refractivity contribution >= 4 is 39.7 Å². The highest BCUT2D eigenvalue weighted by molar-refractivity contribution is 9.10. The Hall–Kier alpha value is -2.81. The Morgan fingerprint density at radius 2 is 1.94 bits per heavy atom. The largest absolute Gasteiger partial charge is 0.493 e. The van der Waals surface area contributed by atoms with Crippen LogP contribution >= 0.6 is 39.7 Å². The molecular formula is C23H20BrClN4O2S. The van der Waals surface area contributed by atoms with E-state index in [9.17, 15) is 0 Å². The molecule has 9 heteroatoms. The summed E-state index contributed by atoms with van der Waals surface area (Å²) in [5.74, 6) is 1.95. The number of aromatic amines is 1. The second-order valence-electron chi connectivity index (χ2n) is 6.86. The number of nitrogens with one attached hydrogen (secondary N) is 2. The van der Waals surface area contributed by atoms with Gasteiger partial charge in [0.05, 0.1) is 13.7 Å². The summed E-state index contributed by atoms with van der Waals surface area (Å²) in [6.07, 6.45) is 0. The maximum Gasteiger partial charge on any atom is 0.214 e. The van der Waals surface area contributed by atoms with Crippen molar-refractivity contribution in [1.29, 1.82) is 0 Å². The number of hydrogen-bond acceptors (Lipinski definition) is 5. The normalized spacial score (nSPS) is 10.7. The first kappa shape index (κ1) is 22.4. The molecule has 2 N–H and O–H groups in total. The van der Waals surface area contributed by atoms with Crippen molar-refractivity contribution in [3.63, 3.8) is 0 Å². The predicted octanol–water partition coefficient (Wildman–Crippen LogP) is 6.35. The zero-order valence-corrected chi connectivity index (χ0v) is 20.3. The molecule has 4 aromatic rings. The molecule has 0 aliphatic carbocycles. The van der Waals surface area contributed by atoms with E-state index in [1.54, 1.807) is 11.8 Å². The number of H-pyrrole nitrogens is 1. The summed E-state index contributed by atoms with van der Waals surface area (Å²) in [5.41, 5.74) is 6.13. The fourth-order valence-electron chi connectivity index (χ4n) is 3.23. The molecule has 0 saturated carbocycles. The number of ether oxygens (including phenoxy) is 2. The first-order chi connectivity index (χ1) is 15.6. The SMILES string of the molecule is COc1ccc(Br)c(CNn2c(-c3ccccc3)n[nH]c2=S)c1OCc1cccc(Cl)c1. The number of halogens is 2. The van der Waals surface area contributed by atoms with Crippen molar-refractivity contribution in [2.24, 2.45) is 0 Å². The van der Waals surface area contributed by atoms with E-state index in [1.165, 1.54) is 0 Å². The van der Waals surface area contributed by atoms with E-state index in [0.717, 1.165) is 21.2 Å². The second-order valence-corrected chi connectivity index (χ2v) is 8.54. The second kappa shape index (κ2) is 10.2. The summed E-state index contributed by atoms with van der Waals surface area (Å²) in [6.45, 7) is 0.761. The summed E-state index contributed by atoms with van der Waals surface area (Å²) in [4.78, 5) is 0. The lowest BCUT2D eigenvalue weighted by molar-refractivity contribution is 0.281. The fraction of sp³-hybridized carbons (Fsp3) is 0.130. The maximum atomic E-state index is 6.18. The molecule has 0 bridgehead atoms. The van der Waals surface area contributed by atoms with Gasteiger partial charge >= 0.3 is 0 Å². The van der Waals surface area contributed by atoms with Gasteiger partial charge in [0.2, 0.25) is 4.77 Å². The Morgan fingerprint density at radius 1 is 1.12 bits per heavy atom. The molecule has 1 heterocycles. The molecule has 0 amide bonds. The lowest BCUT2D eigenvalue weighted by atomic mass is 10.1. The Bertz CT molecular complexity index is 1280. The molecule has 6 nitrogen and oxygen atoms in total. The van der Waals surface area contributed by atoms with Gasteiger partial charge in [-0.1, -0.05) is 70.0 Å². The van der Waals surface area contributed by atoms with E-state index >= 15 is 0 Å². The summed E-state index contributed by atoms with van der Waals surface area (Å²) >= 11 is 15.2. The number of methoxy groups -OCH3 is 1. The molecule has 3 aromatic carbocycles. The quantitative estimate of drug-likeness (QED) is 0.259. The first-order valence-electron chi connectivity index (χ1n) is 9.76. The Morgan fingerprint density at radius 3 is 2.69 bits per heavy atom. The van der Waals surface area contributed by atoms with Crippen LogP contribution < -0.4 is 14.9 Å². The van der Waals surface area contributed by atoms with Crippen LogP contribution in [0.4, 0.5) is 0 Å². The number of nitrogens with zero attached hydrogens (tertiary/aromatic N) is 2. The van der Waals surface area contributed by atoms with Crippen LogP contribution in [0, 0.1) is 4.77 Å². The first-order valence-corrected chi connectivity index (χ1v) is 11.3. The van der Waals surface area contributed by atoms with Crippen molar-refractivity contribution in [1.82, 2.24) is 14.9 Å². The molecule has 0 atom stereocenters. The molecule has 32 heavy (non-hydrogen) atoms. The highest BCUT2D eigenvalue weighted by Gasteiger charge is 2.16. The van der Waals surface area contributed by atoms with Gasteiger partial charge in [0.25, 0.3) is 0 Å². The topological polar surface area (TPSA) is 64.1 Å². The molecule has 0 fully saturated rings. The molecule has 4 rings (SSSR count). The number of aromatic nitrogens is 3. The fourth-order valence-corrected chi connectivity index (χ4v) is 4.09. The molecule has 1 aromatic heterocycles. The average molecular weight is 532 g/mol. The van der Waals surface area contributed by atoms with Gasteiger partial charge in [0.1, 0.15) is 6.61 Å². The Kier molecular flexibility index (Phi) is 7.14. The van der Waals surface area contributed by atoms with Crippen LogP contribution in [0.1, 0.15) is 11.1 Å². The van der Waals surface area contributed by atoms with E-state index in [4.69, 9.17) is 33.3 Å². The molecule has 0 radical (unpaired) electrons. The van der Waals surface area contributed by atoms with Crippen LogP contribution in [-0.2, 0) is 13.2 Å². The van der Waals surface area contributed by atoms with Crippen molar-refractivity contribution < 1.29 is 9.47 Å². The number of hydrogen-bond donors (Lipinski definition) is 2. The monoisotopic (exact) mass is 530 g/mol. The van der Waals surface area contributed by atoms with Gasteiger partial charge in [-0.3, -0.25) is 0 Å². The third-order valence-electron chi connectivity index (χ3n) is 4.78. The minimum atomic E-state index is 0.348. The van der Waals surface area contributed by atoms with Crippen molar-refractivity contribution in [3.05, 3.63) is 92.1 Å². The van der Waals surface area contributed by atoms with Crippen molar-refractivity contribution in [2.75, 3.05) is 12.5 Å². The van der Waals surface area contributed by atoms with E-state index < -0.39 is 0 Å². The van der Waals surface area contributed by atoms with Gasteiger partial charge in [-0.2, -0.15) is 5.10 Å². The van der Waals surface area contributed by atoms with Gasteiger partial charge in [-0.15, -0.1) is 0 Å². The van der Waals surface area contributed by atoms with Crippen LogP contribution in [0.15, 0.2) is 71.2 Å². The lowest BCUT2D eigenvalue weighted by Crippen LogP contribution is -2.17. The van der Waals surface area contributed by atoms with E-state index in [2.05, 4.69) is 31.6 Å². The summed E-state index contributed by atoms with van der Waals surface area (Å²) < 4.78 is 14.8. The van der Waals surface area contributed by atoms with Crippen LogP contribution in [0.25, 0.3) is 11.4 Å². The zero-order chi connectivity index (χ0) is 22.5. The van der Waals surface area contributed by atoms with E-state index in [1.807, 2.05) is 66.7 Å². The molecular weight excluding hydrogens is 512 g/mol. The summed E-state index contributed by atoms with van der Waals surface area (Å²) in [7, 11) is 1.62. The molecule has 0 aliphatic heterocycles. The Balaban J connectivity index is 1.62. The van der Waals surface area contributed by atoms with Crippen LogP contribution in [0.3, 0.4) is 0 Å². The van der Waals surface area contributed by atoms with Crippen molar-refractivity contribution in [3.8, 4) is 22.9 Å². The van der Waals surface area contributed by atoms with Gasteiger partial charge in [-0.25, -0.2) is 9.77 Å². The maximum absolute atomic E-state index is 6.18. The summed E-state index contributed by atoms with van der Waals surface area (Å²) in [5, 5.41) is 7.88. The molecule has 0 spiro atoms. The van der Waals surface area contributed by atoms with Gasteiger partial charge in [0.15, 0.2) is 17.3 Å². The van der Waals surface area contributed by atoms with Crippen LogP contribution in [-0.4, -0.2) is 22.0 Å². The standard InChI is InChI=1S/C23H20BrClN4O2S/c1-30-20-11-10-19(24)18(21(20)31-14-15-6-5-9-17(25)12-15)13-26-29-22(27-28-23(29)32)16-7-3-2-4-8-16/h2-12,26H,13-14H2,1H3,(H,28,32). The number of rotatable bonds is 8. The lowest BCUT2D eigenvalue weighted by Gasteiger charge is -2.18. The van der Waals surface area contributed by atoms with Crippen LogP contribution in [0.5, 0.6) is 11.5 Å². The van der Waals surface area contributed by atoms with Crippen molar-refractivity contribution in [2.45, 2.75) is 13.2 Å². The third kappa shape index (κ3) is 4.98. The molecule has 0 saturated heterocycles. The predicted molar refractivity (Wildman–Crippen MR) is 132 cm³/mol. The minimum absolute atomic E-state index is 0.348. The van der Waals surface area contributed by atoms with E-state index in [-0.39, 0.29) is 0 Å². The Labute approximate surface area is 204 Å². The summed E-state index contributed by atoms with van der Waals surface area (Å²) in [6, 6.07) is 21.2. The molecule has 0 aliphatic rings. The molecule has 0 unspecified atom stereocenters. The van der Waals surface area contributed by atoms with Gasteiger partial charge in [-0.05, 0) is 42.0 Å².